The molecule has 1 atom stereocenters. The third kappa shape index (κ3) is 6.62. The number of nitrogens with zero attached hydrogens (tertiary/aromatic N) is 2. The number of ether oxygens (including phenoxy) is 1. The predicted molar refractivity (Wildman–Crippen MR) is 103 cm³/mol. The van der Waals surface area contributed by atoms with Gasteiger partial charge >= 0.3 is 0 Å². The number of hydrogen-bond donors (Lipinski definition) is 2. The lowest BCUT2D eigenvalue weighted by atomic mass is 10.3. The number of thioether (sulfide) groups is 1. The average molecular weight is 360 g/mol. The molecule has 0 saturated carbocycles. The summed E-state index contributed by atoms with van der Waals surface area (Å²) in [5.74, 6) is 2.19. The lowest BCUT2D eigenvalue weighted by Crippen LogP contribution is -2.23. The molecule has 2 N–H and O–H groups in total. The second-order valence-corrected chi connectivity index (χ2v) is 6.73. The minimum Gasteiger partial charge on any atom is -0.492 e. The first-order chi connectivity index (χ1) is 12.2. The summed E-state index contributed by atoms with van der Waals surface area (Å²) in [5, 5.41) is 5.96. The molecule has 134 valence electrons. The van der Waals surface area contributed by atoms with E-state index in [1.54, 1.807) is 30.2 Å². The summed E-state index contributed by atoms with van der Waals surface area (Å²) < 4.78 is 5.53. The van der Waals surface area contributed by atoms with E-state index in [2.05, 4.69) is 20.6 Å². The molecule has 1 unspecified atom stereocenters. The summed E-state index contributed by atoms with van der Waals surface area (Å²) >= 11 is 1.62. The van der Waals surface area contributed by atoms with E-state index in [-0.39, 0.29) is 11.2 Å². The maximum absolute atomic E-state index is 12.3. The minimum atomic E-state index is -0.136. The van der Waals surface area contributed by atoms with Crippen LogP contribution in [0.5, 0.6) is 5.75 Å². The van der Waals surface area contributed by atoms with Crippen LogP contribution >= 0.6 is 11.8 Å². The van der Waals surface area contributed by atoms with E-state index >= 15 is 0 Å². The van der Waals surface area contributed by atoms with Crippen LogP contribution in [0.3, 0.4) is 0 Å². The molecule has 0 aliphatic carbocycles. The number of amides is 1. The maximum atomic E-state index is 12.3. The van der Waals surface area contributed by atoms with Gasteiger partial charge in [-0.3, -0.25) is 4.79 Å². The molecule has 7 heteroatoms. The standard InChI is InChI=1S/C18H24N4O2S/c1-3-24-16-9-5-4-8-15(16)22-17(23)14(2)25-13-7-12-21-18-19-10-6-11-20-18/h4-6,8-11,14H,3,7,12-13H2,1-2H3,(H,22,23)(H,19,20,21). The Morgan fingerprint density at radius 3 is 2.76 bits per heavy atom. The number of para-hydroxylation sites is 2. The van der Waals surface area contributed by atoms with E-state index in [1.165, 1.54) is 0 Å². The number of benzene rings is 1. The van der Waals surface area contributed by atoms with Gasteiger partial charge in [0.05, 0.1) is 17.5 Å². The summed E-state index contributed by atoms with van der Waals surface area (Å²) in [6.45, 7) is 5.18. The number of hydrogen-bond acceptors (Lipinski definition) is 6. The zero-order chi connectivity index (χ0) is 17.9. The molecule has 0 radical (unpaired) electrons. The molecule has 1 heterocycles. The van der Waals surface area contributed by atoms with E-state index < -0.39 is 0 Å². The van der Waals surface area contributed by atoms with Gasteiger partial charge in [0.15, 0.2) is 0 Å². The number of carbonyl (C=O) groups excluding carboxylic acids is 1. The van der Waals surface area contributed by atoms with Gasteiger partial charge in [0.2, 0.25) is 11.9 Å². The second-order valence-electron chi connectivity index (χ2n) is 5.28. The van der Waals surface area contributed by atoms with Gasteiger partial charge in [-0.15, -0.1) is 11.8 Å². The lowest BCUT2D eigenvalue weighted by Gasteiger charge is -2.14. The molecule has 1 amide bonds. The van der Waals surface area contributed by atoms with Crippen molar-refractivity contribution in [1.82, 2.24) is 9.97 Å². The Hall–Kier alpha value is -2.28. The van der Waals surface area contributed by atoms with Crippen LogP contribution in [0.2, 0.25) is 0 Å². The highest BCUT2D eigenvalue weighted by Crippen LogP contribution is 2.25. The Balaban J connectivity index is 1.70. The SMILES string of the molecule is CCOc1ccccc1NC(=O)C(C)SCCCNc1ncccn1. The molecule has 0 spiro atoms. The van der Waals surface area contributed by atoms with Crippen LogP contribution in [0.15, 0.2) is 42.7 Å². The van der Waals surface area contributed by atoms with Gasteiger partial charge in [-0.05, 0) is 44.2 Å². The molecule has 6 nitrogen and oxygen atoms in total. The number of rotatable bonds is 10. The molecule has 25 heavy (non-hydrogen) atoms. The summed E-state index contributed by atoms with van der Waals surface area (Å²) in [4.78, 5) is 20.5. The molecule has 0 saturated heterocycles. The summed E-state index contributed by atoms with van der Waals surface area (Å²) in [6, 6.07) is 9.26. The molecule has 0 aliphatic heterocycles. The first kappa shape index (κ1) is 19.1. The zero-order valence-electron chi connectivity index (χ0n) is 14.6. The zero-order valence-corrected chi connectivity index (χ0v) is 15.4. The highest BCUT2D eigenvalue weighted by molar-refractivity contribution is 8.00. The van der Waals surface area contributed by atoms with Crippen LogP contribution < -0.4 is 15.4 Å². The van der Waals surface area contributed by atoms with Crippen LogP contribution in [-0.2, 0) is 4.79 Å². The van der Waals surface area contributed by atoms with Gasteiger partial charge in [-0.2, -0.15) is 0 Å². The second kappa shape index (κ2) is 10.6. The van der Waals surface area contributed by atoms with Crippen molar-refractivity contribution in [3.8, 4) is 5.75 Å². The Morgan fingerprint density at radius 2 is 2.00 bits per heavy atom. The number of carbonyl (C=O) groups is 1. The molecule has 2 aromatic rings. The monoisotopic (exact) mass is 360 g/mol. The van der Waals surface area contributed by atoms with Crippen LogP contribution in [0, 0.1) is 0 Å². The van der Waals surface area contributed by atoms with Crippen molar-refractivity contribution in [2.75, 3.05) is 29.5 Å². The van der Waals surface area contributed by atoms with Gasteiger partial charge in [-0.1, -0.05) is 12.1 Å². The lowest BCUT2D eigenvalue weighted by molar-refractivity contribution is -0.115. The Kier molecular flexibility index (Phi) is 8.04. The van der Waals surface area contributed by atoms with Crippen molar-refractivity contribution in [3.63, 3.8) is 0 Å². The normalized spacial score (nSPS) is 11.6. The smallest absolute Gasteiger partial charge is 0.237 e. The van der Waals surface area contributed by atoms with Crippen LogP contribution in [0.1, 0.15) is 20.3 Å². The maximum Gasteiger partial charge on any atom is 0.237 e. The fourth-order valence-electron chi connectivity index (χ4n) is 2.08. The van der Waals surface area contributed by atoms with Crippen LogP contribution in [0.25, 0.3) is 0 Å². The van der Waals surface area contributed by atoms with E-state index in [9.17, 15) is 4.79 Å². The Morgan fingerprint density at radius 1 is 1.24 bits per heavy atom. The topological polar surface area (TPSA) is 76.1 Å². The van der Waals surface area contributed by atoms with Crippen molar-refractivity contribution >= 4 is 29.3 Å². The van der Waals surface area contributed by atoms with Gasteiger partial charge in [0.1, 0.15) is 5.75 Å². The molecular weight excluding hydrogens is 336 g/mol. The molecular formula is C18H24N4O2S. The van der Waals surface area contributed by atoms with Gasteiger partial charge in [0, 0.05) is 18.9 Å². The number of anilines is 2. The third-order valence-corrected chi connectivity index (χ3v) is 4.59. The van der Waals surface area contributed by atoms with E-state index in [0.29, 0.717) is 24.0 Å². The molecule has 0 aliphatic rings. The Labute approximate surface area is 152 Å². The van der Waals surface area contributed by atoms with Crippen LogP contribution in [0.4, 0.5) is 11.6 Å². The summed E-state index contributed by atoms with van der Waals surface area (Å²) in [5.41, 5.74) is 0.713. The van der Waals surface area contributed by atoms with Crippen molar-refractivity contribution in [2.24, 2.45) is 0 Å². The van der Waals surface area contributed by atoms with E-state index in [1.807, 2.05) is 38.1 Å². The predicted octanol–water partition coefficient (Wildman–Crippen LogP) is 3.44. The van der Waals surface area contributed by atoms with Crippen molar-refractivity contribution < 1.29 is 9.53 Å². The molecule has 1 aromatic carbocycles. The molecule has 0 bridgehead atoms. The van der Waals surface area contributed by atoms with Crippen molar-refractivity contribution in [1.29, 1.82) is 0 Å². The van der Waals surface area contributed by atoms with Gasteiger partial charge in [-0.25, -0.2) is 9.97 Å². The fourth-order valence-corrected chi connectivity index (χ4v) is 2.96. The molecule has 0 fully saturated rings. The summed E-state index contributed by atoms with van der Waals surface area (Å²) in [6.07, 6.45) is 4.34. The van der Waals surface area contributed by atoms with Gasteiger partial charge in [0.25, 0.3) is 0 Å². The minimum absolute atomic E-state index is 0.0171. The average Bonchev–Trinajstić information content (AvgIpc) is 2.64. The van der Waals surface area contributed by atoms with E-state index in [4.69, 9.17) is 4.74 Å². The largest absolute Gasteiger partial charge is 0.492 e. The highest BCUT2D eigenvalue weighted by Gasteiger charge is 2.15. The Bertz CT molecular complexity index is 655. The fraction of sp³-hybridized carbons (Fsp3) is 0.389. The first-order valence-electron chi connectivity index (χ1n) is 8.36. The van der Waals surface area contributed by atoms with Gasteiger partial charge < -0.3 is 15.4 Å². The molecule has 1 aromatic heterocycles. The van der Waals surface area contributed by atoms with Crippen molar-refractivity contribution in [3.05, 3.63) is 42.7 Å². The quantitative estimate of drug-likeness (QED) is 0.632. The van der Waals surface area contributed by atoms with Crippen LogP contribution in [-0.4, -0.2) is 40.0 Å². The molecule has 2 rings (SSSR count). The summed E-state index contributed by atoms with van der Waals surface area (Å²) in [7, 11) is 0. The highest BCUT2D eigenvalue weighted by atomic mass is 32.2. The third-order valence-electron chi connectivity index (χ3n) is 3.35. The van der Waals surface area contributed by atoms with E-state index in [0.717, 1.165) is 18.7 Å². The number of nitrogens with one attached hydrogen (secondary N) is 2. The number of aromatic nitrogens is 2. The van der Waals surface area contributed by atoms with Crippen molar-refractivity contribution in [2.45, 2.75) is 25.5 Å². The first-order valence-corrected chi connectivity index (χ1v) is 9.40.